The van der Waals surface area contributed by atoms with Gasteiger partial charge in [0.15, 0.2) is 0 Å². The molecule has 114 valence electrons. The first-order valence-corrected chi connectivity index (χ1v) is 8.42. The number of hydrogen-bond donors (Lipinski definition) is 1. The first-order valence-electron chi connectivity index (χ1n) is 8.42. The number of hydrogen-bond acceptors (Lipinski definition) is 2. The molecule has 1 N–H and O–H groups in total. The molecule has 2 nitrogen and oxygen atoms in total. The molecule has 1 atom stereocenters. The molecule has 0 radical (unpaired) electrons. The van der Waals surface area contributed by atoms with Gasteiger partial charge in [-0.25, -0.2) is 0 Å². The van der Waals surface area contributed by atoms with Crippen LogP contribution in [-0.4, -0.2) is 25.3 Å². The van der Waals surface area contributed by atoms with E-state index in [-0.39, 0.29) is 0 Å². The van der Waals surface area contributed by atoms with Crippen LogP contribution in [0, 0.1) is 5.41 Å². The Labute approximate surface area is 120 Å². The van der Waals surface area contributed by atoms with Crippen LogP contribution in [0.2, 0.25) is 0 Å². The number of ether oxygens (including phenoxy) is 1. The van der Waals surface area contributed by atoms with E-state index < -0.39 is 0 Å². The summed E-state index contributed by atoms with van der Waals surface area (Å²) >= 11 is 0. The van der Waals surface area contributed by atoms with Crippen molar-refractivity contribution in [2.45, 2.75) is 91.2 Å². The molecule has 1 aliphatic carbocycles. The second-order valence-electron chi connectivity index (χ2n) is 6.94. The van der Waals surface area contributed by atoms with Gasteiger partial charge in [-0.3, -0.25) is 0 Å². The summed E-state index contributed by atoms with van der Waals surface area (Å²) in [6.45, 7) is 11.4. The molecule has 2 heteroatoms. The van der Waals surface area contributed by atoms with Crippen LogP contribution in [0.3, 0.4) is 0 Å². The van der Waals surface area contributed by atoms with Gasteiger partial charge in [0.25, 0.3) is 0 Å². The van der Waals surface area contributed by atoms with Crippen LogP contribution in [0.25, 0.3) is 0 Å². The zero-order valence-corrected chi connectivity index (χ0v) is 13.6. The van der Waals surface area contributed by atoms with E-state index in [9.17, 15) is 0 Å². The van der Waals surface area contributed by atoms with Gasteiger partial charge in [-0.05, 0) is 63.3 Å². The highest BCUT2D eigenvalue weighted by atomic mass is 16.5. The topological polar surface area (TPSA) is 21.3 Å². The smallest absolute Gasteiger partial charge is 0.0575 e. The van der Waals surface area contributed by atoms with Crippen LogP contribution in [0.5, 0.6) is 0 Å². The second-order valence-corrected chi connectivity index (χ2v) is 6.94. The largest absolute Gasteiger partial charge is 0.378 e. The molecule has 0 aromatic heterocycles. The Hall–Kier alpha value is -0.0800. The van der Waals surface area contributed by atoms with Crippen LogP contribution >= 0.6 is 0 Å². The van der Waals surface area contributed by atoms with E-state index in [4.69, 9.17) is 4.74 Å². The van der Waals surface area contributed by atoms with Gasteiger partial charge in [-0.15, -0.1) is 0 Å². The van der Waals surface area contributed by atoms with Gasteiger partial charge in [0.1, 0.15) is 0 Å². The Kier molecular flexibility index (Phi) is 8.01. The fourth-order valence-corrected chi connectivity index (χ4v) is 2.92. The van der Waals surface area contributed by atoms with Crippen molar-refractivity contribution in [2.75, 3.05) is 13.2 Å². The third-order valence-corrected chi connectivity index (χ3v) is 4.51. The zero-order chi connectivity index (χ0) is 14.1. The number of rotatable bonds is 9. The Bertz CT molecular complexity index is 217. The molecule has 1 rings (SSSR count). The average Bonchev–Trinajstić information content (AvgIpc) is 2.39. The third kappa shape index (κ3) is 7.31. The monoisotopic (exact) mass is 269 g/mol. The molecule has 0 aromatic rings. The van der Waals surface area contributed by atoms with Gasteiger partial charge < -0.3 is 10.1 Å². The van der Waals surface area contributed by atoms with E-state index in [1.807, 2.05) is 0 Å². The third-order valence-electron chi connectivity index (χ3n) is 4.51. The van der Waals surface area contributed by atoms with Crippen LogP contribution in [-0.2, 0) is 4.74 Å². The van der Waals surface area contributed by atoms with Gasteiger partial charge in [-0.1, -0.05) is 27.7 Å². The molecule has 0 bridgehead atoms. The maximum Gasteiger partial charge on any atom is 0.0575 e. The minimum atomic E-state index is 0.539. The molecule has 1 fully saturated rings. The van der Waals surface area contributed by atoms with E-state index in [1.54, 1.807) is 0 Å². The second kappa shape index (κ2) is 8.97. The predicted molar refractivity (Wildman–Crippen MR) is 83.6 cm³/mol. The summed E-state index contributed by atoms with van der Waals surface area (Å²) in [5, 5.41) is 3.61. The highest BCUT2D eigenvalue weighted by Gasteiger charge is 2.26. The molecule has 0 saturated heterocycles. The molecule has 1 saturated carbocycles. The van der Waals surface area contributed by atoms with E-state index >= 15 is 0 Å². The van der Waals surface area contributed by atoms with Crippen molar-refractivity contribution in [3.63, 3.8) is 0 Å². The zero-order valence-electron chi connectivity index (χ0n) is 13.6. The molecular weight excluding hydrogens is 234 g/mol. The summed E-state index contributed by atoms with van der Waals surface area (Å²) in [5.74, 6) is 0. The van der Waals surface area contributed by atoms with Crippen molar-refractivity contribution < 1.29 is 4.74 Å². The number of nitrogens with one attached hydrogen (secondary N) is 1. The SMILES string of the molecule is CCCNC(CC)CCCOC1CCC(C)(C)CC1. The lowest BCUT2D eigenvalue weighted by Gasteiger charge is -2.34. The van der Waals surface area contributed by atoms with Crippen LogP contribution < -0.4 is 5.32 Å². The first-order chi connectivity index (χ1) is 9.07. The maximum absolute atomic E-state index is 6.05. The van der Waals surface area contributed by atoms with Crippen molar-refractivity contribution in [3.8, 4) is 0 Å². The van der Waals surface area contributed by atoms with Crippen molar-refractivity contribution in [2.24, 2.45) is 5.41 Å². The summed E-state index contributed by atoms with van der Waals surface area (Å²) in [4.78, 5) is 0. The molecular formula is C17H35NO. The van der Waals surface area contributed by atoms with E-state index in [0.29, 0.717) is 17.6 Å². The van der Waals surface area contributed by atoms with Crippen molar-refractivity contribution >= 4 is 0 Å². The minimum Gasteiger partial charge on any atom is -0.378 e. The van der Waals surface area contributed by atoms with Crippen molar-refractivity contribution in [1.82, 2.24) is 5.32 Å². The molecule has 1 unspecified atom stereocenters. The Balaban J connectivity index is 2.04. The summed E-state index contributed by atoms with van der Waals surface area (Å²) in [6, 6.07) is 0.689. The van der Waals surface area contributed by atoms with Gasteiger partial charge in [-0.2, -0.15) is 0 Å². The summed E-state index contributed by atoms with van der Waals surface area (Å²) < 4.78 is 6.05. The lowest BCUT2D eigenvalue weighted by Crippen LogP contribution is -2.30. The maximum atomic E-state index is 6.05. The van der Waals surface area contributed by atoms with E-state index in [1.165, 1.54) is 51.4 Å². The molecule has 1 aliphatic rings. The van der Waals surface area contributed by atoms with Crippen LogP contribution in [0.15, 0.2) is 0 Å². The fourth-order valence-electron chi connectivity index (χ4n) is 2.92. The highest BCUT2D eigenvalue weighted by Crippen LogP contribution is 2.36. The van der Waals surface area contributed by atoms with Gasteiger partial charge in [0.2, 0.25) is 0 Å². The van der Waals surface area contributed by atoms with Gasteiger partial charge >= 0.3 is 0 Å². The molecule has 19 heavy (non-hydrogen) atoms. The lowest BCUT2D eigenvalue weighted by atomic mass is 9.76. The standard InChI is InChI=1S/C17H35NO/c1-5-13-18-15(6-2)8-7-14-19-16-9-11-17(3,4)12-10-16/h15-16,18H,5-14H2,1-4H3. The Morgan fingerprint density at radius 1 is 1.21 bits per heavy atom. The molecule has 0 amide bonds. The Morgan fingerprint density at radius 3 is 2.47 bits per heavy atom. The first kappa shape index (κ1) is 17.0. The van der Waals surface area contributed by atoms with Gasteiger partial charge in [0, 0.05) is 12.6 Å². The molecule has 0 aromatic carbocycles. The molecule has 0 aliphatic heterocycles. The molecule has 0 heterocycles. The summed E-state index contributed by atoms with van der Waals surface area (Å²) in [6.07, 6.45) is 10.6. The normalized spacial score (nSPS) is 21.5. The van der Waals surface area contributed by atoms with Crippen molar-refractivity contribution in [3.05, 3.63) is 0 Å². The van der Waals surface area contributed by atoms with Crippen LogP contribution in [0.4, 0.5) is 0 Å². The quantitative estimate of drug-likeness (QED) is 0.621. The van der Waals surface area contributed by atoms with E-state index in [2.05, 4.69) is 33.0 Å². The van der Waals surface area contributed by atoms with Crippen molar-refractivity contribution in [1.29, 1.82) is 0 Å². The fraction of sp³-hybridized carbons (Fsp3) is 1.00. The lowest BCUT2D eigenvalue weighted by molar-refractivity contribution is 0.00217. The highest BCUT2D eigenvalue weighted by molar-refractivity contribution is 4.78. The summed E-state index contributed by atoms with van der Waals surface area (Å²) in [7, 11) is 0. The van der Waals surface area contributed by atoms with Gasteiger partial charge in [0.05, 0.1) is 6.10 Å². The summed E-state index contributed by atoms with van der Waals surface area (Å²) in [5.41, 5.74) is 0.553. The van der Waals surface area contributed by atoms with Crippen LogP contribution in [0.1, 0.15) is 79.1 Å². The Morgan fingerprint density at radius 2 is 1.89 bits per heavy atom. The molecule has 0 spiro atoms. The average molecular weight is 269 g/mol. The predicted octanol–water partition coefficient (Wildman–Crippen LogP) is 4.53. The van der Waals surface area contributed by atoms with E-state index in [0.717, 1.165) is 13.2 Å². The minimum absolute atomic E-state index is 0.539.